The Morgan fingerprint density at radius 1 is 1.39 bits per heavy atom. The first-order valence-electron chi connectivity index (χ1n) is 6.84. The van der Waals surface area contributed by atoms with Crippen molar-refractivity contribution in [3.05, 3.63) is 12.4 Å². The van der Waals surface area contributed by atoms with Crippen LogP contribution in [0.2, 0.25) is 0 Å². The number of ether oxygens (including phenoxy) is 1. The smallest absolute Gasteiger partial charge is 0.203 e. The average molecular weight is 252 g/mol. The molecule has 102 valence electrons. The van der Waals surface area contributed by atoms with Crippen LogP contribution in [0.25, 0.3) is 0 Å². The Balaban J connectivity index is 1.66. The van der Waals surface area contributed by atoms with Crippen molar-refractivity contribution < 1.29 is 4.74 Å². The second-order valence-corrected chi connectivity index (χ2v) is 4.99. The molecule has 1 aliphatic heterocycles. The second kappa shape index (κ2) is 6.75. The Bertz CT molecular complexity index is 345. The number of hydrogen-bond acceptors (Lipinski definition) is 4. The van der Waals surface area contributed by atoms with Crippen LogP contribution in [0.15, 0.2) is 12.4 Å². The van der Waals surface area contributed by atoms with Crippen LogP contribution in [0.5, 0.6) is 0 Å². The summed E-state index contributed by atoms with van der Waals surface area (Å²) in [7, 11) is 0. The summed E-state index contributed by atoms with van der Waals surface area (Å²) in [5, 5.41) is 3.41. The van der Waals surface area contributed by atoms with Crippen molar-refractivity contribution in [2.45, 2.75) is 26.3 Å². The largest absolute Gasteiger partial charge is 0.379 e. The highest BCUT2D eigenvalue weighted by molar-refractivity contribution is 5.26. The zero-order valence-corrected chi connectivity index (χ0v) is 11.4. The summed E-state index contributed by atoms with van der Waals surface area (Å²) < 4.78 is 7.50. The van der Waals surface area contributed by atoms with Gasteiger partial charge in [-0.25, -0.2) is 4.98 Å². The van der Waals surface area contributed by atoms with Gasteiger partial charge < -0.3 is 14.6 Å². The Morgan fingerprint density at radius 2 is 2.17 bits per heavy atom. The third-order valence-corrected chi connectivity index (χ3v) is 3.26. The average Bonchev–Trinajstić information content (AvgIpc) is 2.84. The molecule has 0 amide bonds. The lowest BCUT2D eigenvalue weighted by Crippen LogP contribution is -2.37. The SMILES string of the molecule is CC(C)n1ccnc1NCCCN1CCOCC1. The molecule has 1 fully saturated rings. The van der Waals surface area contributed by atoms with Gasteiger partial charge in [0, 0.05) is 38.1 Å². The lowest BCUT2D eigenvalue weighted by Gasteiger charge is -2.26. The number of nitrogens with zero attached hydrogens (tertiary/aromatic N) is 3. The van der Waals surface area contributed by atoms with Crippen molar-refractivity contribution in [2.24, 2.45) is 0 Å². The molecule has 0 saturated carbocycles. The van der Waals surface area contributed by atoms with E-state index in [-0.39, 0.29) is 0 Å². The lowest BCUT2D eigenvalue weighted by atomic mass is 10.3. The van der Waals surface area contributed by atoms with Crippen molar-refractivity contribution in [1.29, 1.82) is 0 Å². The van der Waals surface area contributed by atoms with Gasteiger partial charge in [-0.3, -0.25) is 4.90 Å². The number of anilines is 1. The van der Waals surface area contributed by atoms with Crippen LogP contribution in [0.4, 0.5) is 5.95 Å². The highest BCUT2D eigenvalue weighted by atomic mass is 16.5. The molecule has 1 saturated heterocycles. The molecule has 5 nitrogen and oxygen atoms in total. The zero-order chi connectivity index (χ0) is 12.8. The summed E-state index contributed by atoms with van der Waals surface area (Å²) in [5.74, 6) is 0.979. The molecule has 2 heterocycles. The van der Waals surface area contributed by atoms with Crippen LogP contribution in [0.1, 0.15) is 26.3 Å². The first kappa shape index (κ1) is 13.4. The molecule has 0 unspecified atom stereocenters. The van der Waals surface area contributed by atoms with Gasteiger partial charge in [-0.15, -0.1) is 0 Å². The third-order valence-electron chi connectivity index (χ3n) is 3.26. The number of imidazole rings is 1. The molecule has 0 bridgehead atoms. The number of hydrogen-bond donors (Lipinski definition) is 1. The molecule has 5 heteroatoms. The number of rotatable bonds is 6. The summed E-state index contributed by atoms with van der Waals surface area (Å²) in [6, 6.07) is 0.453. The molecule has 0 radical (unpaired) electrons. The van der Waals surface area contributed by atoms with Crippen molar-refractivity contribution in [3.63, 3.8) is 0 Å². The molecule has 1 aromatic heterocycles. The van der Waals surface area contributed by atoms with Crippen molar-refractivity contribution in [3.8, 4) is 0 Å². The molecular weight excluding hydrogens is 228 g/mol. The minimum absolute atomic E-state index is 0.453. The topological polar surface area (TPSA) is 42.3 Å². The molecular formula is C13H24N4O. The highest BCUT2D eigenvalue weighted by Crippen LogP contribution is 2.12. The summed E-state index contributed by atoms with van der Waals surface area (Å²) in [4.78, 5) is 6.80. The van der Waals surface area contributed by atoms with Gasteiger partial charge in [-0.1, -0.05) is 0 Å². The first-order valence-corrected chi connectivity index (χ1v) is 6.84. The van der Waals surface area contributed by atoms with Crippen LogP contribution in [-0.4, -0.2) is 53.8 Å². The highest BCUT2D eigenvalue weighted by Gasteiger charge is 2.09. The van der Waals surface area contributed by atoms with Crippen LogP contribution in [0, 0.1) is 0 Å². The van der Waals surface area contributed by atoms with Crippen molar-refractivity contribution in [1.82, 2.24) is 14.5 Å². The Morgan fingerprint density at radius 3 is 2.89 bits per heavy atom. The van der Waals surface area contributed by atoms with Gasteiger partial charge in [-0.2, -0.15) is 0 Å². The van der Waals surface area contributed by atoms with Crippen LogP contribution < -0.4 is 5.32 Å². The minimum atomic E-state index is 0.453. The Hall–Kier alpha value is -1.07. The molecule has 0 atom stereocenters. The molecule has 1 aromatic rings. The van der Waals surface area contributed by atoms with Gasteiger partial charge in [0.15, 0.2) is 0 Å². The van der Waals surface area contributed by atoms with Gasteiger partial charge in [0.05, 0.1) is 13.2 Å². The first-order chi connectivity index (χ1) is 8.77. The Labute approximate surface area is 109 Å². The quantitative estimate of drug-likeness (QED) is 0.781. The van der Waals surface area contributed by atoms with E-state index in [0.717, 1.165) is 51.8 Å². The van der Waals surface area contributed by atoms with E-state index in [2.05, 4.69) is 33.6 Å². The van der Waals surface area contributed by atoms with Gasteiger partial charge in [-0.05, 0) is 26.8 Å². The van der Waals surface area contributed by atoms with Gasteiger partial charge >= 0.3 is 0 Å². The number of aromatic nitrogens is 2. The fraction of sp³-hybridized carbons (Fsp3) is 0.769. The zero-order valence-electron chi connectivity index (χ0n) is 11.4. The summed E-state index contributed by atoms with van der Waals surface area (Å²) in [5.41, 5.74) is 0. The Kier molecular flexibility index (Phi) is 5.01. The van der Waals surface area contributed by atoms with Crippen LogP contribution in [-0.2, 0) is 4.74 Å². The third kappa shape index (κ3) is 3.71. The molecule has 0 aromatic carbocycles. The van der Waals surface area contributed by atoms with Gasteiger partial charge in [0.25, 0.3) is 0 Å². The molecule has 18 heavy (non-hydrogen) atoms. The monoisotopic (exact) mass is 252 g/mol. The number of nitrogens with one attached hydrogen (secondary N) is 1. The summed E-state index contributed by atoms with van der Waals surface area (Å²) >= 11 is 0. The maximum atomic E-state index is 5.34. The van der Waals surface area contributed by atoms with Crippen LogP contribution in [0.3, 0.4) is 0 Å². The van der Waals surface area contributed by atoms with E-state index in [1.807, 2.05) is 12.4 Å². The maximum Gasteiger partial charge on any atom is 0.203 e. The molecule has 2 rings (SSSR count). The molecule has 0 spiro atoms. The van der Waals surface area contributed by atoms with Crippen molar-refractivity contribution in [2.75, 3.05) is 44.7 Å². The van der Waals surface area contributed by atoms with E-state index in [1.165, 1.54) is 0 Å². The standard InChI is InChI=1S/C13H24N4O/c1-12(2)17-7-5-15-13(17)14-4-3-6-16-8-10-18-11-9-16/h5,7,12H,3-4,6,8-11H2,1-2H3,(H,14,15). The molecule has 1 N–H and O–H groups in total. The fourth-order valence-corrected chi connectivity index (χ4v) is 2.19. The summed E-state index contributed by atoms with van der Waals surface area (Å²) in [6.45, 7) is 10.3. The van der Waals surface area contributed by atoms with E-state index in [0.29, 0.717) is 6.04 Å². The minimum Gasteiger partial charge on any atom is -0.379 e. The van der Waals surface area contributed by atoms with Gasteiger partial charge in [0.1, 0.15) is 0 Å². The lowest BCUT2D eigenvalue weighted by molar-refractivity contribution is 0.0378. The van der Waals surface area contributed by atoms with Gasteiger partial charge in [0.2, 0.25) is 5.95 Å². The second-order valence-electron chi connectivity index (χ2n) is 4.99. The normalized spacial score (nSPS) is 17.3. The van der Waals surface area contributed by atoms with E-state index in [9.17, 15) is 0 Å². The maximum absolute atomic E-state index is 5.34. The molecule has 0 aliphatic carbocycles. The van der Waals surface area contributed by atoms with E-state index < -0.39 is 0 Å². The predicted octanol–water partition coefficient (Wildman–Crippen LogP) is 1.60. The molecule has 1 aliphatic rings. The number of morpholine rings is 1. The van der Waals surface area contributed by atoms with Crippen LogP contribution >= 0.6 is 0 Å². The van der Waals surface area contributed by atoms with E-state index >= 15 is 0 Å². The van der Waals surface area contributed by atoms with Crippen molar-refractivity contribution >= 4 is 5.95 Å². The van der Waals surface area contributed by atoms with E-state index in [4.69, 9.17) is 4.74 Å². The fourth-order valence-electron chi connectivity index (χ4n) is 2.19. The van der Waals surface area contributed by atoms with E-state index in [1.54, 1.807) is 0 Å². The predicted molar refractivity (Wildman–Crippen MR) is 73.0 cm³/mol. The summed E-state index contributed by atoms with van der Waals surface area (Å²) in [6.07, 6.45) is 5.02.